The quantitative estimate of drug-likeness (QED) is 0.572. The molecule has 5 rings (SSSR count). The van der Waals surface area contributed by atoms with Crippen LogP contribution in [-0.2, 0) is 10.3 Å². The molecular weight excluding hydrogens is 404 g/mol. The Morgan fingerprint density at radius 2 is 2.03 bits per heavy atom. The third-order valence-electron chi connectivity index (χ3n) is 5.83. The van der Waals surface area contributed by atoms with E-state index in [2.05, 4.69) is 29.9 Å². The highest BCUT2D eigenvalue weighted by Crippen LogP contribution is 2.54. The van der Waals surface area contributed by atoms with Gasteiger partial charge in [-0.1, -0.05) is 26.0 Å². The molecule has 0 unspecified atom stereocenters. The van der Waals surface area contributed by atoms with Crippen LogP contribution < -0.4 is 15.2 Å². The second kappa shape index (κ2) is 8.15. The predicted molar refractivity (Wildman–Crippen MR) is 122 cm³/mol. The zero-order chi connectivity index (χ0) is 22.1. The van der Waals surface area contributed by atoms with Gasteiger partial charge in [0.05, 0.1) is 12.2 Å². The topological polar surface area (TPSA) is 91.9 Å². The Morgan fingerprint density at radius 1 is 1.12 bits per heavy atom. The Balaban J connectivity index is 1.60. The van der Waals surface area contributed by atoms with Gasteiger partial charge < -0.3 is 19.9 Å². The number of hydrogen-bond donors (Lipinski definition) is 1. The molecule has 0 fully saturated rings. The molecular formula is C25H26N4O3. The standard InChI is InChI=1S/C25H26N4O3/c1-16(2)5-4-12-30-23-22-21(9-11-28-23)32-20-8-7-17(18-6-3-10-27-14-18)13-19(20)25(22)15-31-24(26)29-25/h3,6-11,13-14,16H,4-5,12,15H2,1-2H3,(H2,26,29)/t25-/m1/s1. The number of nitrogens with two attached hydrogens (primary N) is 1. The highest BCUT2D eigenvalue weighted by atomic mass is 16.5. The van der Waals surface area contributed by atoms with Crippen LogP contribution in [0.1, 0.15) is 37.8 Å². The van der Waals surface area contributed by atoms with Gasteiger partial charge in [0.25, 0.3) is 6.02 Å². The molecule has 0 saturated carbocycles. The van der Waals surface area contributed by atoms with Gasteiger partial charge in [-0.3, -0.25) is 4.98 Å². The molecule has 0 aliphatic carbocycles. The Morgan fingerprint density at radius 3 is 2.78 bits per heavy atom. The lowest BCUT2D eigenvalue weighted by Crippen LogP contribution is -2.32. The first-order valence-electron chi connectivity index (χ1n) is 10.9. The zero-order valence-corrected chi connectivity index (χ0v) is 18.2. The number of nitrogens with zero attached hydrogens (tertiary/aromatic N) is 3. The number of ether oxygens (including phenoxy) is 3. The summed E-state index contributed by atoms with van der Waals surface area (Å²) < 4.78 is 18.1. The van der Waals surface area contributed by atoms with Gasteiger partial charge in [-0.05, 0) is 48.6 Å². The van der Waals surface area contributed by atoms with Crippen molar-refractivity contribution in [2.45, 2.75) is 32.2 Å². The van der Waals surface area contributed by atoms with Gasteiger partial charge in [-0.15, -0.1) is 0 Å². The van der Waals surface area contributed by atoms with Crippen molar-refractivity contribution in [1.82, 2.24) is 9.97 Å². The van der Waals surface area contributed by atoms with E-state index in [1.54, 1.807) is 12.4 Å². The largest absolute Gasteiger partial charge is 0.477 e. The molecule has 0 radical (unpaired) electrons. The highest BCUT2D eigenvalue weighted by molar-refractivity contribution is 5.78. The molecule has 2 aliphatic heterocycles. The molecule has 3 aromatic rings. The lowest BCUT2D eigenvalue weighted by Gasteiger charge is -2.34. The average Bonchev–Trinajstić information content (AvgIpc) is 3.19. The van der Waals surface area contributed by atoms with Crippen molar-refractivity contribution in [1.29, 1.82) is 0 Å². The van der Waals surface area contributed by atoms with Crippen LogP contribution in [-0.4, -0.2) is 29.2 Å². The van der Waals surface area contributed by atoms with E-state index in [1.807, 2.05) is 36.5 Å². The molecule has 0 saturated heterocycles. The minimum Gasteiger partial charge on any atom is -0.477 e. The monoisotopic (exact) mass is 430 g/mol. The molecule has 7 heteroatoms. The maximum atomic E-state index is 6.27. The van der Waals surface area contributed by atoms with Gasteiger partial charge >= 0.3 is 0 Å². The lowest BCUT2D eigenvalue weighted by atomic mass is 9.81. The molecule has 0 bridgehead atoms. The van der Waals surface area contributed by atoms with Crippen LogP contribution in [0.25, 0.3) is 11.1 Å². The van der Waals surface area contributed by atoms with Crippen molar-refractivity contribution in [3.8, 4) is 28.5 Å². The van der Waals surface area contributed by atoms with E-state index in [-0.39, 0.29) is 12.6 Å². The van der Waals surface area contributed by atoms with Crippen molar-refractivity contribution in [2.24, 2.45) is 16.6 Å². The number of aliphatic imine (C=N–C) groups is 1. The third-order valence-corrected chi connectivity index (χ3v) is 5.83. The number of hydrogen-bond acceptors (Lipinski definition) is 7. The Labute approximate surface area is 187 Å². The van der Waals surface area contributed by atoms with E-state index in [4.69, 9.17) is 24.9 Å². The van der Waals surface area contributed by atoms with E-state index in [1.165, 1.54) is 0 Å². The first kappa shape index (κ1) is 20.3. The van der Waals surface area contributed by atoms with Crippen LogP contribution >= 0.6 is 0 Å². The van der Waals surface area contributed by atoms with E-state index >= 15 is 0 Å². The summed E-state index contributed by atoms with van der Waals surface area (Å²) >= 11 is 0. The van der Waals surface area contributed by atoms with Gasteiger partial charge in [-0.2, -0.15) is 0 Å². The number of aromatic nitrogens is 2. The normalized spacial score (nSPS) is 18.5. The Bertz CT molecular complexity index is 1160. The molecule has 2 aliphatic rings. The summed E-state index contributed by atoms with van der Waals surface area (Å²) in [5, 5.41) is 0. The van der Waals surface area contributed by atoms with Crippen LogP contribution in [0.3, 0.4) is 0 Å². The van der Waals surface area contributed by atoms with Crippen LogP contribution in [0, 0.1) is 5.92 Å². The van der Waals surface area contributed by atoms with Crippen molar-refractivity contribution in [3.05, 3.63) is 66.1 Å². The molecule has 2 N–H and O–H groups in total. The fraction of sp³-hybridized carbons (Fsp3) is 0.320. The number of fused-ring (bicyclic) bond motifs is 4. The number of pyridine rings is 2. The molecule has 0 amide bonds. The van der Waals surface area contributed by atoms with Crippen molar-refractivity contribution < 1.29 is 14.2 Å². The van der Waals surface area contributed by atoms with E-state index < -0.39 is 5.54 Å². The fourth-order valence-corrected chi connectivity index (χ4v) is 4.27. The van der Waals surface area contributed by atoms with Gasteiger partial charge in [0.1, 0.15) is 18.1 Å². The molecule has 1 spiro atoms. The minimum absolute atomic E-state index is 0.144. The van der Waals surface area contributed by atoms with Crippen LogP contribution in [0.15, 0.2) is 60.0 Å². The second-order valence-electron chi connectivity index (χ2n) is 8.53. The van der Waals surface area contributed by atoms with Crippen LogP contribution in [0.5, 0.6) is 17.4 Å². The van der Waals surface area contributed by atoms with Crippen molar-refractivity contribution in [3.63, 3.8) is 0 Å². The van der Waals surface area contributed by atoms with E-state index in [0.717, 1.165) is 35.1 Å². The van der Waals surface area contributed by atoms with Gasteiger partial charge in [0, 0.05) is 29.7 Å². The second-order valence-corrected chi connectivity index (χ2v) is 8.53. The summed E-state index contributed by atoms with van der Waals surface area (Å²) in [7, 11) is 0. The maximum absolute atomic E-state index is 6.27. The van der Waals surface area contributed by atoms with Gasteiger partial charge in [0.2, 0.25) is 5.88 Å². The van der Waals surface area contributed by atoms with E-state index in [9.17, 15) is 0 Å². The molecule has 7 nitrogen and oxygen atoms in total. The molecule has 164 valence electrons. The first-order chi connectivity index (χ1) is 15.6. The summed E-state index contributed by atoms with van der Waals surface area (Å²) in [4.78, 5) is 13.5. The van der Waals surface area contributed by atoms with Gasteiger partial charge in [-0.25, -0.2) is 9.98 Å². The highest BCUT2D eigenvalue weighted by Gasteiger charge is 2.49. The van der Waals surface area contributed by atoms with Crippen LogP contribution in [0.4, 0.5) is 0 Å². The predicted octanol–water partition coefficient (Wildman–Crippen LogP) is 4.65. The first-order valence-corrected chi connectivity index (χ1v) is 10.9. The summed E-state index contributed by atoms with van der Waals surface area (Å²) in [5.41, 5.74) is 8.77. The van der Waals surface area contributed by atoms with Crippen molar-refractivity contribution >= 4 is 6.02 Å². The zero-order valence-electron chi connectivity index (χ0n) is 18.2. The maximum Gasteiger partial charge on any atom is 0.283 e. The Hall–Kier alpha value is -3.61. The van der Waals surface area contributed by atoms with Gasteiger partial charge in [0.15, 0.2) is 5.54 Å². The third kappa shape index (κ3) is 3.53. The molecule has 2 aromatic heterocycles. The summed E-state index contributed by atoms with van der Waals surface area (Å²) in [6.07, 6.45) is 7.32. The minimum atomic E-state index is -0.882. The number of amidine groups is 1. The molecule has 1 atom stereocenters. The molecule has 4 heterocycles. The summed E-state index contributed by atoms with van der Waals surface area (Å²) in [6.45, 7) is 5.23. The fourth-order valence-electron chi connectivity index (χ4n) is 4.27. The number of rotatable bonds is 6. The smallest absolute Gasteiger partial charge is 0.283 e. The molecule has 1 aromatic carbocycles. The SMILES string of the molecule is CC(C)CCCOc1nccc2c1[C@@]1(COC(N)=N1)c1cc(-c3cccnc3)ccc1O2. The lowest BCUT2D eigenvalue weighted by molar-refractivity contribution is 0.243. The average molecular weight is 431 g/mol. The summed E-state index contributed by atoms with van der Waals surface area (Å²) in [6, 6.07) is 11.9. The molecule has 32 heavy (non-hydrogen) atoms. The summed E-state index contributed by atoms with van der Waals surface area (Å²) in [5.74, 6) is 2.49. The van der Waals surface area contributed by atoms with E-state index in [0.29, 0.717) is 29.9 Å². The Kier molecular flexibility index (Phi) is 5.17. The number of benzene rings is 1. The van der Waals surface area contributed by atoms with Crippen LogP contribution in [0.2, 0.25) is 0 Å². The van der Waals surface area contributed by atoms with Crippen molar-refractivity contribution in [2.75, 3.05) is 13.2 Å².